The number of nitrogens with one attached hydrogen (secondary N) is 1. The molecule has 2 N–H and O–H groups in total. The van der Waals surface area contributed by atoms with Crippen LogP contribution in [0.2, 0.25) is 0 Å². The summed E-state index contributed by atoms with van der Waals surface area (Å²) in [7, 11) is 0. The van der Waals surface area contributed by atoms with Crippen LogP contribution < -0.4 is 5.32 Å². The highest BCUT2D eigenvalue weighted by Gasteiger charge is 2.36. The molecule has 1 aliphatic rings. The maximum absolute atomic E-state index is 10.7. The zero-order valence-corrected chi connectivity index (χ0v) is 8.29. The van der Waals surface area contributed by atoms with E-state index in [1.807, 2.05) is 0 Å². The Labute approximate surface area is 90.0 Å². The molecule has 1 heterocycles. The van der Waals surface area contributed by atoms with Crippen molar-refractivity contribution in [3.63, 3.8) is 0 Å². The lowest BCUT2D eigenvalue weighted by atomic mass is 10.6. The van der Waals surface area contributed by atoms with Crippen LogP contribution in [-0.4, -0.2) is 32.1 Å². The first-order valence-corrected chi connectivity index (χ1v) is 4.77. The first kappa shape index (κ1) is 10.4. The summed E-state index contributed by atoms with van der Waals surface area (Å²) in [5.41, 5.74) is 0. The van der Waals surface area contributed by atoms with E-state index in [0.29, 0.717) is 0 Å². The number of nitrogens with zero attached hydrogens (tertiary/aromatic N) is 3. The molecule has 1 aromatic rings. The lowest BCUT2D eigenvalue weighted by molar-refractivity contribution is -0.392. The summed E-state index contributed by atoms with van der Waals surface area (Å²) < 4.78 is 1.45. The smallest absolute Gasteiger partial charge is 0.344 e. The van der Waals surface area contributed by atoms with Crippen LogP contribution in [0.4, 0.5) is 11.8 Å². The second-order valence-corrected chi connectivity index (χ2v) is 3.55. The minimum absolute atomic E-state index is 0.0687. The van der Waals surface area contributed by atoms with Gasteiger partial charge in [0.2, 0.25) is 0 Å². The highest BCUT2D eigenvalue weighted by Crippen LogP contribution is 2.40. The molecule has 0 aliphatic heterocycles. The second kappa shape index (κ2) is 3.80. The summed E-state index contributed by atoms with van der Waals surface area (Å²) in [5, 5.41) is 21.8. The van der Waals surface area contributed by atoms with Crippen LogP contribution in [0.15, 0.2) is 6.20 Å². The van der Waals surface area contributed by atoms with Crippen LogP contribution in [0.1, 0.15) is 18.9 Å². The molecule has 0 atom stereocenters. The lowest BCUT2D eigenvalue weighted by Gasteiger charge is -2.03. The number of carbonyl (C=O) groups is 1. The highest BCUT2D eigenvalue weighted by atomic mass is 16.6. The highest BCUT2D eigenvalue weighted by molar-refractivity contribution is 5.72. The number of aromatic nitrogens is 2. The van der Waals surface area contributed by atoms with Crippen LogP contribution in [0, 0.1) is 10.1 Å². The minimum atomic E-state index is -1.03. The third kappa shape index (κ3) is 1.95. The number of aliphatic carboxylic acids is 1. The van der Waals surface area contributed by atoms with E-state index in [0.717, 1.165) is 19.0 Å². The maximum Gasteiger partial charge on any atom is 0.344 e. The van der Waals surface area contributed by atoms with Gasteiger partial charge in [-0.1, -0.05) is 0 Å². The van der Waals surface area contributed by atoms with Crippen molar-refractivity contribution in [2.75, 3.05) is 11.9 Å². The van der Waals surface area contributed by atoms with Crippen molar-refractivity contribution in [1.82, 2.24) is 9.55 Å². The minimum Gasteiger partial charge on any atom is -0.480 e. The van der Waals surface area contributed by atoms with Gasteiger partial charge in [-0.2, -0.15) is 9.55 Å². The maximum atomic E-state index is 10.7. The van der Waals surface area contributed by atoms with E-state index in [4.69, 9.17) is 5.11 Å². The number of carboxylic acids is 1. The van der Waals surface area contributed by atoms with Crippen molar-refractivity contribution < 1.29 is 14.8 Å². The molecule has 0 spiro atoms. The zero-order valence-electron chi connectivity index (χ0n) is 8.29. The molecule has 0 amide bonds. The first-order chi connectivity index (χ1) is 7.59. The number of hydrogen-bond donors (Lipinski definition) is 2. The number of carboxylic acid groups (broad SMARTS) is 1. The fourth-order valence-corrected chi connectivity index (χ4v) is 1.47. The number of hydrogen-bond acceptors (Lipinski definition) is 5. The summed E-state index contributed by atoms with van der Waals surface area (Å²) in [5.74, 6) is -0.889. The van der Waals surface area contributed by atoms with Crippen LogP contribution >= 0.6 is 0 Å². The van der Waals surface area contributed by atoms with Crippen molar-refractivity contribution >= 4 is 17.7 Å². The van der Waals surface area contributed by atoms with Crippen molar-refractivity contribution in [3.8, 4) is 0 Å². The number of nitro groups is 1. The molecule has 8 heteroatoms. The Morgan fingerprint density at radius 1 is 1.75 bits per heavy atom. The predicted octanol–water partition coefficient (Wildman–Crippen LogP) is 0.623. The molecule has 0 bridgehead atoms. The van der Waals surface area contributed by atoms with Crippen molar-refractivity contribution in [2.45, 2.75) is 18.9 Å². The van der Waals surface area contributed by atoms with Gasteiger partial charge < -0.3 is 20.5 Å². The van der Waals surface area contributed by atoms with Gasteiger partial charge in [0, 0.05) is 0 Å². The molecule has 1 aromatic heterocycles. The molecule has 2 rings (SSSR count). The van der Waals surface area contributed by atoms with Crippen molar-refractivity contribution in [1.29, 1.82) is 0 Å². The molecule has 0 radical (unpaired) electrons. The fraction of sp³-hybridized carbons (Fsp3) is 0.500. The lowest BCUT2D eigenvalue weighted by Crippen LogP contribution is -2.16. The molecule has 1 aliphatic carbocycles. The SMILES string of the molecule is O=C(O)CNc1ncc([N+](=O)[O-])n1C1CC1. The third-order valence-electron chi connectivity index (χ3n) is 2.27. The summed E-state index contributed by atoms with van der Waals surface area (Å²) in [6.07, 6.45) is 2.86. The summed E-state index contributed by atoms with van der Waals surface area (Å²) in [6, 6.07) is 0.0687. The molecule has 16 heavy (non-hydrogen) atoms. The Hall–Kier alpha value is -2.12. The zero-order chi connectivity index (χ0) is 11.7. The molecule has 0 unspecified atom stereocenters. The number of imidazole rings is 1. The molecular weight excluding hydrogens is 216 g/mol. The Balaban J connectivity index is 2.23. The summed E-state index contributed by atoms with van der Waals surface area (Å²) in [6.45, 7) is -0.305. The largest absolute Gasteiger partial charge is 0.480 e. The van der Waals surface area contributed by atoms with Crippen LogP contribution in [0.25, 0.3) is 0 Å². The molecule has 0 saturated heterocycles. The Kier molecular flexibility index (Phi) is 2.47. The topological polar surface area (TPSA) is 110 Å². The van der Waals surface area contributed by atoms with Gasteiger partial charge in [0.05, 0.1) is 0 Å². The molecule has 1 fully saturated rings. The van der Waals surface area contributed by atoms with Gasteiger partial charge in [0.15, 0.2) is 0 Å². The van der Waals surface area contributed by atoms with Gasteiger partial charge in [-0.3, -0.25) is 4.79 Å². The average Bonchev–Trinajstić information content (AvgIpc) is 2.95. The van der Waals surface area contributed by atoms with Gasteiger partial charge in [-0.05, 0) is 17.8 Å². The molecule has 0 aromatic carbocycles. The van der Waals surface area contributed by atoms with E-state index in [2.05, 4.69) is 10.3 Å². The molecule has 1 saturated carbocycles. The van der Waals surface area contributed by atoms with Crippen molar-refractivity contribution in [3.05, 3.63) is 16.3 Å². The standard InChI is InChI=1S/C8H10N4O4/c13-7(14)4-10-8-9-3-6(12(15)16)11(8)5-1-2-5/h3,5H,1-2,4H2,(H,9,10)(H,13,14). The van der Waals surface area contributed by atoms with E-state index in [1.165, 1.54) is 4.57 Å². The van der Waals surface area contributed by atoms with Gasteiger partial charge in [-0.25, -0.2) is 0 Å². The van der Waals surface area contributed by atoms with Gasteiger partial charge >= 0.3 is 11.8 Å². The fourth-order valence-electron chi connectivity index (χ4n) is 1.47. The quantitative estimate of drug-likeness (QED) is 0.562. The molecule has 8 nitrogen and oxygen atoms in total. The van der Waals surface area contributed by atoms with Crippen molar-refractivity contribution in [2.24, 2.45) is 0 Å². The van der Waals surface area contributed by atoms with E-state index in [-0.39, 0.29) is 24.4 Å². The van der Waals surface area contributed by atoms with Crippen LogP contribution in [-0.2, 0) is 4.79 Å². The predicted molar refractivity (Wildman–Crippen MR) is 53.3 cm³/mol. The van der Waals surface area contributed by atoms with Gasteiger partial charge in [-0.15, -0.1) is 0 Å². The summed E-state index contributed by atoms with van der Waals surface area (Å²) >= 11 is 0. The number of rotatable bonds is 5. The van der Waals surface area contributed by atoms with E-state index >= 15 is 0 Å². The van der Waals surface area contributed by atoms with Crippen LogP contribution in [0.3, 0.4) is 0 Å². The molecular formula is C8H10N4O4. The normalized spacial score (nSPS) is 14.8. The molecule has 86 valence electrons. The third-order valence-corrected chi connectivity index (χ3v) is 2.27. The van der Waals surface area contributed by atoms with Crippen LogP contribution in [0.5, 0.6) is 0 Å². The average molecular weight is 226 g/mol. The Morgan fingerprint density at radius 3 is 2.94 bits per heavy atom. The number of anilines is 1. The van der Waals surface area contributed by atoms with E-state index in [1.54, 1.807) is 0 Å². The van der Waals surface area contributed by atoms with Gasteiger partial charge in [0.25, 0.3) is 5.95 Å². The first-order valence-electron chi connectivity index (χ1n) is 4.77. The Bertz CT molecular complexity index is 437. The monoisotopic (exact) mass is 226 g/mol. The Morgan fingerprint density at radius 2 is 2.44 bits per heavy atom. The van der Waals surface area contributed by atoms with E-state index in [9.17, 15) is 14.9 Å². The van der Waals surface area contributed by atoms with Gasteiger partial charge in [0.1, 0.15) is 18.8 Å². The second-order valence-electron chi connectivity index (χ2n) is 3.55. The van der Waals surface area contributed by atoms with E-state index < -0.39 is 10.9 Å². The summed E-state index contributed by atoms with van der Waals surface area (Å²) in [4.78, 5) is 24.4.